The van der Waals surface area contributed by atoms with Crippen LogP contribution in [0.25, 0.3) is 0 Å². The molecule has 1 saturated heterocycles. The number of ketones is 1. The van der Waals surface area contributed by atoms with E-state index in [2.05, 4.69) is 16.0 Å². The van der Waals surface area contributed by atoms with Crippen molar-refractivity contribution in [2.24, 2.45) is 7.05 Å². The van der Waals surface area contributed by atoms with Gasteiger partial charge < -0.3 is 20.5 Å². The van der Waals surface area contributed by atoms with Crippen molar-refractivity contribution in [1.82, 2.24) is 15.2 Å². The third-order valence-electron chi connectivity index (χ3n) is 6.61. The molecule has 1 aromatic carbocycles. The van der Waals surface area contributed by atoms with Gasteiger partial charge in [-0.3, -0.25) is 14.4 Å². The first kappa shape index (κ1) is 23.7. The number of nitrogens with zero attached hydrogens (tertiary/aromatic N) is 1. The molecule has 2 amide bonds. The lowest BCUT2D eigenvalue weighted by molar-refractivity contribution is -0.119. The Morgan fingerprint density at radius 2 is 1.81 bits per heavy atom. The molecule has 0 aliphatic carbocycles. The standard InChI is InChI=1S/C24H31FN4O3/c1-6-24(9-11-26-12-10-24)28-23(32)21(30)20-15(3)19(16(4)29(20)5)22(31)27-17-7-8-18(25)14(2)13-17/h7-8,13,26H,6,9-12H2,1-5H3,(H,27,31)(H,28,32). The fourth-order valence-corrected chi connectivity index (χ4v) is 4.43. The molecule has 8 heteroatoms. The van der Waals surface area contributed by atoms with E-state index < -0.39 is 23.1 Å². The van der Waals surface area contributed by atoms with E-state index in [0.717, 1.165) is 32.4 Å². The highest BCUT2D eigenvalue weighted by Gasteiger charge is 2.35. The number of anilines is 1. The van der Waals surface area contributed by atoms with Crippen molar-refractivity contribution < 1.29 is 18.8 Å². The molecule has 172 valence electrons. The highest BCUT2D eigenvalue weighted by molar-refractivity contribution is 6.43. The third-order valence-corrected chi connectivity index (χ3v) is 6.61. The zero-order chi connectivity index (χ0) is 23.6. The van der Waals surface area contributed by atoms with Gasteiger partial charge in [-0.25, -0.2) is 4.39 Å². The number of benzene rings is 1. The summed E-state index contributed by atoms with van der Waals surface area (Å²) in [7, 11) is 1.67. The molecule has 1 aromatic heterocycles. The Kier molecular flexibility index (Phi) is 6.83. The largest absolute Gasteiger partial charge is 0.344 e. The summed E-state index contributed by atoms with van der Waals surface area (Å²) >= 11 is 0. The summed E-state index contributed by atoms with van der Waals surface area (Å²) in [5.41, 5.74) is 2.02. The number of carbonyl (C=O) groups excluding carboxylic acids is 3. The predicted octanol–water partition coefficient (Wildman–Crippen LogP) is 3.17. The summed E-state index contributed by atoms with van der Waals surface area (Å²) in [4.78, 5) is 39.0. The Balaban J connectivity index is 1.86. The van der Waals surface area contributed by atoms with Crippen LogP contribution in [0.3, 0.4) is 0 Å². The molecule has 0 unspecified atom stereocenters. The van der Waals surface area contributed by atoms with E-state index in [1.54, 1.807) is 38.5 Å². The molecule has 2 aromatic rings. The smallest absolute Gasteiger partial charge is 0.294 e. The van der Waals surface area contributed by atoms with Crippen molar-refractivity contribution in [3.05, 3.63) is 52.1 Å². The Bertz CT molecular complexity index is 1070. The summed E-state index contributed by atoms with van der Waals surface area (Å²) in [6.45, 7) is 8.60. The topological polar surface area (TPSA) is 92.2 Å². The van der Waals surface area contributed by atoms with Crippen LogP contribution in [-0.2, 0) is 11.8 Å². The molecule has 32 heavy (non-hydrogen) atoms. The van der Waals surface area contributed by atoms with E-state index in [0.29, 0.717) is 28.1 Å². The average molecular weight is 443 g/mol. The lowest BCUT2D eigenvalue weighted by Gasteiger charge is -2.37. The molecule has 7 nitrogen and oxygen atoms in total. The van der Waals surface area contributed by atoms with Gasteiger partial charge in [-0.2, -0.15) is 0 Å². The Labute approximate surface area is 187 Å². The number of carbonyl (C=O) groups is 3. The number of nitrogens with one attached hydrogen (secondary N) is 3. The monoisotopic (exact) mass is 442 g/mol. The van der Waals surface area contributed by atoms with Crippen molar-refractivity contribution in [2.75, 3.05) is 18.4 Å². The molecule has 0 radical (unpaired) electrons. The second kappa shape index (κ2) is 9.24. The highest BCUT2D eigenvalue weighted by atomic mass is 19.1. The van der Waals surface area contributed by atoms with Gasteiger partial charge in [0.05, 0.1) is 11.3 Å². The second-order valence-electron chi connectivity index (χ2n) is 8.58. The van der Waals surface area contributed by atoms with Gasteiger partial charge in [0.2, 0.25) is 0 Å². The number of aryl methyl sites for hydroxylation is 1. The van der Waals surface area contributed by atoms with Gasteiger partial charge in [0.15, 0.2) is 0 Å². The van der Waals surface area contributed by atoms with Gasteiger partial charge in [-0.05, 0) is 82.4 Å². The molecular formula is C24H31FN4O3. The lowest BCUT2D eigenvalue weighted by Crippen LogP contribution is -2.55. The Morgan fingerprint density at radius 3 is 2.41 bits per heavy atom. The van der Waals surface area contributed by atoms with Crippen LogP contribution in [0.5, 0.6) is 0 Å². The van der Waals surface area contributed by atoms with Crippen molar-refractivity contribution >= 4 is 23.3 Å². The lowest BCUT2D eigenvalue weighted by atomic mass is 9.85. The maximum Gasteiger partial charge on any atom is 0.294 e. The summed E-state index contributed by atoms with van der Waals surface area (Å²) in [6, 6.07) is 4.32. The zero-order valence-corrected chi connectivity index (χ0v) is 19.3. The highest BCUT2D eigenvalue weighted by Crippen LogP contribution is 2.26. The second-order valence-corrected chi connectivity index (χ2v) is 8.58. The van der Waals surface area contributed by atoms with Crippen molar-refractivity contribution in [3.8, 4) is 0 Å². The first-order chi connectivity index (χ1) is 15.1. The van der Waals surface area contributed by atoms with E-state index in [-0.39, 0.29) is 11.5 Å². The van der Waals surface area contributed by atoms with E-state index in [9.17, 15) is 18.8 Å². The molecule has 2 heterocycles. The van der Waals surface area contributed by atoms with Gasteiger partial charge in [-0.15, -0.1) is 0 Å². The zero-order valence-electron chi connectivity index (χ0n) is 19.3. The van der Waals surface area contributed by atoms with Crippen molar-refractivity contribution in [2.45, 2.75) is 52.5 Å². The molecule has 1 fully saturated rings. The number of halogens is 1. The molecule has 0 atom stereocenters. The third kappa shape index (κ3) is 4.46. The summed E-state index contributed by atoms with van der Waals surface area (Å²) in [5, 5.41) is 9.00. The van der Waals surface area contributed by atoms with Crippen LogP contribution in [0, 0.1) is 26.6 Å². The van der Waals surface area contributed by atoms with Crippen LogP contribution in [0.1, 0.15) is 63.9 Å². The van der Waals surface area contributed by atoms with Crippen LogP contribution in [0.15, 0.2) is 18.2 Å². The minimum atomic E-state index is -0.656. The van der Waals surface area contributed by atoms with Crippen LogP contribution < -0.4 is 16.0 Å². The number of piperidine rings is 1. The maximum absolute atomic E-state index is 13.5. The van der Waals surface area contributed by atoms with Crippen LogP contribution in [-0.4, -0.2) is 40.8 Å². The maximum atomic E-state index is 13.5. The SMILES string of the molecule is CCC1(NC(=O)C(=O)c2c(C)c(C(=O)Nc3ccc(F)c(C)c3)c(C)n2C)CCNCC1. The minimum Gasteiger partial charge on any atom is -0.344 e. The van der Waals surface area contributed by atoms with Gasteiger partial charge in [0.25, 0.3) is 17.6 Å². The van der Waals surface area contributed by atoms with Gasteiger partial charge >= 0.3 is 0 Å². The van der Waals surface area contributed by atoms with Crippen LogP contribution >= 0.6 is 0 Å². The Hall–Kier alpha value is -3.00. The molecule has 1 aliphatic rings. The molecule has 0 saturated carbocycles. The van der Waals surface area contributed by atoms with Crippen LogP contribution in [0.4, 0.5) is 10.1 Å². The first-order valence-corrected chi connectivity index (χ1v) is 10.9. The van der Waals surface area contributed by atoms with E-state index in [1.165, 1.54) is 12.1 Å². The molecule has 0 bridgehead atoms. The number of hydrogen-bond donors (Lipinski definition) is 3. The van der Waals surface area contributed by atoms with Gasteiger partial charge in [-0.1, -0.05) is 6.92 Å². The fourth-order valence-electron chi connectivity index (χ4n) is 4.43. The van der Waals surface area contributed by atoms with E-state index >= 15 is 0 Å². The number of aromatic nitrogens is 1. The number of amides is 2. The fraction of sp³-hybridized carbons (Fsp3) is 0.458. The number of hydrogen-bond acceptors (Lipinski definition) is 4. The number of Topliss-reactive ketones (excluding diaryl/α,β-unsaturated/α-hetero) is 1. The predicted molar refractivity (Wildman–Crippen MR) is 122 cm³/mol. The van der Waals surface area contributed by atoms with E-state index in [1.807, 2.05) is 6.92 Å². The van der Waals surface area contributed by atoms with E-state index in [4.69, 9.17) is 0 Å². The summed E-state index contributed by atoms with van der Waals surface area (Å²) in [6.07, 6.45) is 2.26. The first-order valence-electron chi connectivity index (χ1n) is 10.9. The molecule has 0 spiro atoms. The van der Waals surface area contributed by atoms with Gasteiger partial charge in [0, 0.05) is 24.0 Å². The summed E-state index contributed by atoms with van der Waals surface area (Å²) < 4.78 is 15.1. The Morgan fingerprint density at radius 1 is 1.16 bits per heavy atom. The van der Waals surface area contributed by atoms with Crippen LogP contribution in [0.2, 0.25) is 0 Å². The molecule has 1 aliphatic heterocycles. The quantitative estimate of drug-likeness (QED) is 0.473. The minimum absolute atomic E-state index is 0.195. The summed E-state index contributed by atoms with van der Waals surface area (Å²) in [5.74, 6) is -2.08. The number of rotatable bonds is 6. The molecule has 3 rings (SSSR count). The van der Waals surface area contributed by atoms with Crippen molar-refractivity contribution in [3.63, 3.8) is 0 Å². The average Bonchev–Trinajstić information content (AvgIpc) is 2.99. The van der Waals surface area contributed by atoms with Gasteiger partial charge in [0.1, 0.15) is 5.82 Å². The normalized spacial score (nSPS) is 15.3. The molecule has 3 N–H and O–H groups in total. The molecular weight excluding hydrogens is 411 g/mol. The van der Waals surface area contributed by atoms with Crippen molar-refractivity contribution in [1.29, 1.82) is 0 Å².